The van der Waals surface area contributed by atoms with E-state index in [1.165, 1.54) is 66.1 Å². The lowest BCUT2D eigenvalue weighted by Gasteiger charge is -2.19. The van der Waals surface area contributed by atoms with Crippen LogP contribution in [0, 0.1) is 0 Å². The third-order valence-electron chi connectivity index (χ3n) is 7.49. The zero-order valence-corrected chi connectivity index (χ0v) is 21.0. The maximum absolute atomic E-state index is 2.41. The van der Waals surface area contributed by atoms with Gasteiger partial charge < -0.3 is 0 Å². The van der Waals surface area contributed by atoms with Gasteiger partial charge in [-0.15, -0.1) is 0 Å². The lowest BCUT2D eigenvalue weighted by molar-refractivity contribution is 1.60. The van der Waals surface area contributed by atoms with Crippen molar-refractivity contribution in [2.24, 2.45) is 0 Å². The summed E-state index contributed by atoms with van der Waals surface area (Å²) in [4.78, 5) is 0. The highest BCUT2D eigenvalue weighted by molar-refractivity contribution is 6.20. The van der Waals surface area contributed by atoms with E-state index in [2.05, 4.69) is 158 Å². The lowest BCUT2D eigenvalue weighted by atomic mass is 9.84. The zero-order chi connectivity index (χ0) is 25.3. The topological polar surface area (TPSA) is 0 Å². The molecule has 7 rings (SSSR count). The van der Waals surface area contributed by atoms with Gasteiger partial charge in [0.25, 0.3) is 0 Å². The van der Waals surface area contributed by atoms with E-state index in [4.69, 9.17) is 0 Å². The Labute approximate surface area is 223 Å². The van der Waals surface area contributed by atoms with Crippen LogP contribution in [0.15, 0.2) is 158 Å². The number of hydrogen-bond donors (Lipinski definition) is 0. The van der Waals surface area contributed by atoms with Crippen molar-refractivity contribution < 1.29 is 0 Å². The molecular weight excluding hydrogens is 456 g/mol. The summed E-state index contributed by atoms with van der Waals surface area (Å²) in [5.74, 6) is 0. The van der Waals surface area contributed by atoms with Gasteiger partial charge in [0.2, 0.25) is 0 Å². The molecule has 0 heterocycles. The summed E-state index contributed by atoms with van der Waals surface area (Å²) in [6, 6.07) is 56.9. The number of rotatable bonds is 4. The van der Waals surface area contributed by atoms with Crippen LogP contribution < -0.4 is 0 Å². The summed E-state index contributed by atoms with van der Waals surface area (Å²) in [5, 5.41) is 5.08. The molecule has 0 saturated heterocycles. The van der Waals surface area contributed by atoms with Gasteiger partial charge in [0.15, 0.2) is 0 Å². The SMILES string of the molecule is c1ccc(-c2ccccc2-c2c3cccc(-c4ccccc4)c3cc3c(-c4ccccc4)cccc23)cc1. The molecule has 0 aliphatic rings. The molecule has 0 atom stereocenters. The molecule has 7 aromatic carbocycles. The van der Waals surface area contributed by atoms with Gasteiger partial charge in [0, 0.05) is 0 Å². The van der Waals surface area contributed by atoms with Gasteiger partial charge in [0.05, 0.1) is 0 Å². The van der Waals surface area contributed by atoms with E-state index >= 15 is 0 Å². The maximum atomic E-state index is 2.41. The first-order chi connectivity index (χ1) is 18.9. The summed E-state index contributed by atoms with van der Waals surface area (Å²) in [6.07, 6.45) is 0. The molecule has 7 aromatic rings. The average molecular weight is 483 g/mol. The van der Waals surface area contributed by atoms with Crippen LogP contribution in [-0.4, -0.2) is 0 Å². The predicted octanol–water partition coefficient (Wildman–Crippen LogP) is 10.7. The maximum Gasteiger partial charge on any atom is -0.00201 e. The van der Waals surface area contributed by atoms with Crippen LogP contribution in [0.4, 0.5) is 0 Å². The van der Waals surface area contributed by atoms with Crippen molar-refractivity contribution >= 4 is 21.5 Å². The molecule has 0 radical (unpaired) electrons. The van der Waals surface area contributed by atoms with Gasteiger partial charge in [-0.2, -0.15) is 0 Å². The van der Waals surface area contributed by atoms with Crippen LogP contribution >= 0.6 is 0 Å². The highest BCUT2D eigenvalue weighted by atomic mass is 14.2. The Morgan fingerprint density at radius 1 is 0.237 bits per heavy atom. The van der Waals surface area contributed by atoms with E-state index in [0.717, 1.165) is 0 Å². The van der Waals surface area contributed by atoms with E-state index in [1.54, 1.807) is 0 Å². The molecule has 0 heteroatoms. The molecular formula is C38H26. The molecule has 0 aromatic heterocycles. The molecule has 0 N–H and O–H groups in total. The second kappa shape index (κ2) is 9.50. The van der Waals surface area contributed by atoms with E-state index < -0.39 is 0 Å². The Kier molecular flexibility index (Phi) is 5.57. The van der Waals surface area contributed by atoms with Gasteiger partial charge in [-0.3, -0.25) is 0 Å². The van der Waals surface area contributed by atoms with Crippen LogP contribution in [-0.2, 0) is 0 Å². The molecule has 0 fully saturated rings. The van der Waals surface area contributed by atoms with Gasteiger partial charge in [-0.1, -0.05) is 152 Å². The summed E-state index contributed by atoms with van der Waals surface area (Å²) < 4.78 is 0. The molecule has 0 aliphatic heterocycles. The smallest absolute Gasteiger partial charge is 0.00201 e. The molecule has 38 heavy (non-hydrogen) atoms. The molecule has 0 spiro atoms. The van der Waals surface area contributed by atoms with Crippen LogP contribution in [0.25, 0.3) is 66.1 Å². The van der Waals surface area contributed by atoms with Gasteiger partial charge in [-0.25, -0.2) is 0 Å². The van der Waals surface area contributed by atoms with Gasteiger partial charge in [0.1, 0.15) is 0 Å². The molecule has 0 amide bonds. The Balaban J connectivity index is 1.65. The van der Waals surface area contributed by atoms with Crippen LogP contribution in [0.1, 0.15) is 0 Å². The molecule has 178 valence electrons. The Bertz CT molecular complexity index is 1780. The van der Waals surface area contributed by atoms with Crippen molar-refractivity contribution in [3.05, 3.63) is 158 Å². The average Bonchev–Trinajstić information content (AvgIpc) is 3.00. The minimum absolute atomic E-state index is 1.23. The second-order valence-electron chi connectivity index (χ2n) is 9.70. The van der Waals surface area contributed by atoms with E-state index in [-0.39, 0.29) is 0 Å². The lowest BCUT2D eigenvalue weighted by Crippen LogP contribution is -1.92. The third kappa shape index (κ3) is 3.79. The van der Waals surface area contributed by atoms with Crippen molar-refractivity contribution in [1.29, 1.82) is 0 Å². The molecule has 0 unspecified atom stereocenters. The fourth-order valence-electron chi connectivity index (χ4n) is 5.77. The minimum Gasteiger partial charge on any atom is -0.0622 e. The quantitative estimate of drug-likeness (QED) is 0.219. The van der Waals surface area contributed by atoms with Crippen molar-refractivity contribution in [1.82, 2.24) is 0 Å². The standard InChI is InChI=1S/C38H26/c1-4-14-27(15-5-1)30-20-10-11-21-33(30)38-34-24-12-22-31(28-16-6-2-7-17-28)36(34)26-37-32(23-13-25-35(37)38)29-18-8-3-9-19-29/h1-26H. The number of fused-ring (bicyclic) bond motifs is 2. The number of benzene rings is 7. The fourth-order valence-corrected chi connectivity index (χ4v) is 5.77. The predicted molar refractivity (Wildman–Crippen MR) is 163 cm³/mol. The minimum atomic E-state index is 1.23. The van der Waals surface area contributed by atoms with E-state index in [0.29, 0.717) is 0 Å². The summed E-state index contributed by atoms with van der Waals surface area (Å²) >= 11 is 0. The highest BCUT2D eigenvalue weighted by Crippen LogP contribution is 2.45. The third-order valence-corrected chi connectivity index (χ3v) is 7.49. The van der Waals surface area contributed by atoms with Gasteiger partial charge >= 0.3 is 0 Å². The van der Waals surface area contributed by atoms with Crippen LogP contribution in [0.2, 0.25) is 0 Å². The molecule has 0 bridgehead atoms. The van der Waals surface area contributed by atoms with Crippen molar-refractivity contribution in [2.45, 2.75) is 0 Å². The fraction of sp³-hybridized carbons (Fsp3) is 0. The zero-order valence-electron chi connectivity index (χ0n) is 21.0. The number of hydrogen-bond acceptors (Lipinski definition) is 0. The van der Waals surface area contributed by atoms with Crippen LogP contribution in [0.3, 0.4) is 0 Å². The van der Waals surface area contributed by atoms with Gasteiger partial charge in [-0.05, 0) is 72.1 Å². The second-order valence-corrected chi connectivity index (χ2v) is 9.70. The Morgan fingerprint density at radius 2 is 0.605 bits per heavy atom. The first kappa shape index (κ1) is 22.3. The monoisotopic (exact) mass is 482 g/mol. The largest absolute Gasteiger partial charge is 0.0622 e. The van der Waals surface area contributed by atoms with Crippen molar-refractivity contribution in [2.75, 3.05) is 0 Å². The summed E-state index contributed by atoms with van der Waals surface area (Å²) in [6.45, 7) is 0. The van der Waals surface area contributed by atoms with Crippen molar-refractivity contribution in [3.63, 3.8) is 0 Å². The van der Waals surface area contributed by atoms with E-state index in [1.807, 2.05) is 0 Å². The molecule has 0 saturated carbocycles. The van der Waals surface area contributed by atoms with Crippen molar-refractivity contribution in [3.8, 4) is 44.5 Å². The van der Waals surface area contributed by atoms with E-state index in [9.17, 15) is 0 Å². The first-order valence-electron chi connectivity index (χ1n) is 13.1. The highest BCUT2D eigenvalue weighted by Gasteiger charge is 2.18. The first-order valence-corrected chi connectivity index (χ1v) is 13.1. The van der Waals surface area contributed by atoms with Crippen LogP contribution in [0.5, 0.6) is 0 Å². The molecule has 0 nitrogen and oxygen atoms in total. The summed E-state index contributed by atoms with van der Waals surface area (Å²) in [7, 11) is 0. The Morgan fingerprint density at radius 3 is 1.08 bits per heavy atom. The Hall–Kier alpha value is -4.94. The molecule has 0 aliphatic carbocycles. The normalized spacial score (nSPS) is 11.2. The summed E-state index contributed by atoms with van der Waals surface area (Å²) in [5.41, 5.74) is 9.99.